The van der Waals surface area contributed by atoms with Crippen LogP contribution in [0.2, 0.25) is 0 Å². The number of aromatic nitrogens is 2. The van der Waals surface area contributed by atoms with Gasteiger partial charge < -0.3 is 4.74 Å². The summed E-state index contributed by atoms with van der Waals surface area (Å²) in [5.74, 6) is -1.04. The van der Waals surface area contributed by atoms with Crippen molar-refractivity contribution in [3.63, 3.8) is 0 Å². The highest BCUT2D eigenvalue weighted by molar-refractivity contribution is 5.85. The minimum atomic E-state index is -4.78. The van der Waals surface area contributed by atoms with Crippen LogP contribution in [-0.2, 0) is 22.1 Å². The Morgan fingerprint density at radius 1 is 1.40 bits per heavy atom. The molecule has 5 nitrogen and oxygen atoms in total. The van der Waals surface area contributed by atoms with E-state index in [4.69, 9.17) is 5.26 Å². The zero-order valence-electron chi connectivity index (χ0n) is 10.6. The largest absolute Gasteiger partial charge is 0.466 e. The van der Waals surface area contributed by atoms with Crippen LogP contribution in [0.15, 0.2) is 0 Å². The summed E-state index contributed by atoms with van der Waals surface area (Å²) >= 11 is 0. The van der Waals surface area contributed by atoms with Gasteiger partial charge in [-0.1, -0.05) is 0 Å². The maximum atomic E-state index is 12.7. The molecule has 0 unspecified atom stereocenters. The average Bonchev–Trinajstić information content (AvgIpc) is 2.27. The predicted octanol–water partition coefficient (Wildman–Crippen LogP) is 2.20. The van der Waals surface area contributed by atoms with Gasteiger partial charge in [0.2, 0.25) is 0 Å². The summed E-state index contributed by atoms with van der Waals surface area (Å²) in [7, 11) is 0. The van der Waals surface area contributed by atoms with Crippen LogP contribution in [0.3, 0.4) is 0 Å². The van der Waals surface area contributed by atoms with Gasteiger partial charge in [0.15, 0.2) is 5.69 Å². The highest BCUT2D eigenvalue weighted by atomic mass is 35.5. The number of carbonyl (C=O) groups excluding carboxylic acids is 1. The Balaban J connectivity index is 0.00000361. The molecule has 1 heterocycles. The third-order valence-electron chi connectivity index (χ3n) is 2.12. The molecule has 0 aliphatic carbocycles. The highest BCUT2D eigenvalue weighted by Gasteiger charge is 2.37. The maximum Gasteiger partial charge on any atom is 0.434 e. The third kappa shape index (κ3) is 4.35. The lowest BCUT2D eigenvalue weighted by atomic mass is 10.1. The number of halogens is 4. The molecule has 0 aliphatic rings. The van der Waals surface area contributed by atoms with Crippen LogP contribution in [0.4, 0.5) is 13.2 Å². The smallest absolute Gasteiger partial charge is 0.434 e. The van der Waals surface area contributed by atoms with Crippen LogP contribution in [0, 0.1) is 18.3 Å². The van der Waals surface area contributed by atoms with E-state index in [0.29, 0.717) is 0 Å². The molecular formula is C11H11ClF3N3O2. The summed E-state index contributed by atoms with van der Waals surface area (Å²) in [6.45, 7) is 2.94. The fourth-order valence-electron chi connectivity index (χ4n) is 1.39. The van der Waals surface area contributed by atoms with Crippen molar-refractivity contribution in [2.75, 3.05) is 6.61 Å². The zero-order valence-corrected chi connectivity index (χ0v) is 11.4. The molecule has 0 N–H and O–H groups in total. The number of aryl methyl sites for hydroxylation is 1. The van der Waals surface area contributed by atoms with Crippen LogP contribution in [0.1, 0.15) is 29.7 Å². The summed E-state index contributed by atoms with van der Waals surface area (Å²) in [5, 5.41) is 8.70. The van der Waals surface area contributed by atoms with E-state index in [1.54, 1.807) is 6.92 Å². The fourth-order valence-corrected chi connectivity index (χ4v) is 1.39. The van der Waals surface area contributed by atoms with Crippen molar-refractivity contribution < 1.29 is 22.7 Å². The zero-order chi connectivity index (χ0) is 14.6. The lowest BCUT2D eigenvalue weighted by Gasteiger charge is -2.11. The van der Waals surface area contributed by atoms with Gasteiger partial charge in [0.25, 0.3) is 0 Å². The molecule has 0 spiro atoms. The minimum Gasteiger partial charge on any atom is -0.466 e. The van der Waals surface area contributed by atoms with Gasteiger partial charge in [0.05, 0.1) is 12.3 Å². The van der Waals surface area contributed by atoms with Crippen molar-refractivity contribution in [1.82, 2.24) is 9.97 Å². The fraction of sp³-hybridized carbons (Fsp3) is 0.455. The number of carbonyl (C=O) groups is 1. The number of nitriles is 1. The maximum absolute atomic E-state index is 12.7. The van der Waals surface area contributed by atoms with E-state index in [-0.39, 0.29) is 30.5 Å². The predicted molar refractivity (Wildman–Crippen MR) is 64.1 cm³/mol. The number of ether oxygens (including phenoxy) is 1. The number of hydrogen-bond acceptors (Lipinski definition) is 5. The molecule has 1 aromatic rings. The highest BCUT2D eigenvalue weighted by Crippen LogP contribution is 2.31. The molecule has 110 valence electrons. The van der Waals surface area contributed by atoms with Crippen molar-refractivity contribution in [2.45, 2.75) is 26.4 Å². The summed E-state index contributed by atoms with van der Waals surface area (Å²) in [5.41, 5.74) is -2.09. The molecule has 0 bridgehead atoms. The molecule has 1 aromatic heterocycles. The van der Waals surface area contributed by atoms with Gasteiger partial charge in [0, 0.05) is 0 Å². The number of esters is 1. The first-order valence-electron chi connectivity index (χ1n) is 5.30. The normalized spacial score (nSPS) is 10.4. The summed E-state index contributed by atoms with van der Waals surface area (Å²) in [6, 6.07) is 1.41. The number of alkyl halides is 3. The van der Waals surface area contributed by atoms with Crippen molar-refractivity contribution in [1.29, 1.82) is 5.26 Å². The van der Waals surface area contributed by atoms with Gasteiger partial charge in [-0.15, -0.1) is 12.4 Å². The molecule has 0 saturated heterocycles. The Kier molecular flexibility index (Phi) is 6.39. The van der Waals surface area contributed by atoms with E-state index in [2.05, 4.69) is 14.7 Å². The van der Waals surface area contributed by atoms with Crippen LogP contribution in [0.25, 0.3) is 0 Å². The van der Waals surface area contributed by atoms with Gasteiger partial charge in [-0.2, -0.15) is 18.4 Å². The van der Waals surface area contributed by atoms with Crippen LogP contribution in [-0.4, -0.2) is 22.5 Å². The van der Waals surface area contributed by atoms with Crippen molar-refractivity contribution in [2.24, 2.45) is 0 Å². The van der Waals surface area contributed by atoms with Crippen LogP contribution in [0.5, 0.6) is 0 Å². The topological polar surface area (TPSA) is 75.9 Å². The summed E-state index contributed by atoms with van der Waals surface area (Å²) in [4.78, 5) is 18.1. The molecular weight excluding hydrogens is 299 g/mol. The Bertz CT molecular complexity index is 541. The number of nitrogens with zero attached hydrogens (tertiary/aromatic N) is 3. The molecule has 0 saturated carbocycles. The van der Waals surface area contributed by atoms with E-state index in [1.807, 2.05) is 0 Å². The van der Waals surface area contributed by atoms with E-state index in [9.17, 15) is 18.0 Å². The third-order valence-corrected chi connectivity index (χ3v) is 2.12. The molecule has 9 heteroatoms. The second-order valence-electron chi connectivity index (χ2n) is 3.54. The van der Waals surface area contributed by atoms with E-state index >= 15 is 0 Å². The molecule has 0 radical (unpaired) electrons. The van der Waals surface area contributed by atoms with Crippen LogP contribution < -0.4 is 0 Å². The first kappa shape index (κ1) is 18.1. The van der Waals surface area contributed by atoms with E-state index < -0.39 is 29.8 Å². The SMILES string of the molecule is CCOC(=O)Cc1nc(C)c(C#N)c(C(F)(F)F)n1.Cl. The van der Waals surface area contributed by atoms with Gasteiger partial charge in [-0.25, -0.2) is 9.97 Å². The quantitative estimate of drug-likeness (QED) is 0.800. The Hall–Kier alpha value is -1.88. The van der Waals surface area contributed by atoms with Gasteiger partial charge in [0.1, 0.15) is 23.9 Å². The molecule has 0 atom stereocenters. The van der Waals surface area contributed by atoms with Gasteiger partial charge in [-0.3, -0.25) is 4.79 Å². The van der Waals surface area contributed by atoms with Gasteiger partial charge in [-0.05, 0) is 13.8 Å². The van der Waals surface area contributed by atoms with E-state index in [0.717, 1.165) is 0 Å². The molecule has 0 fully saturated rings. The minimum absolute atomic E-state index is 0. The monoisotopic (exact) mass is 309 g/mol. The van der Waals surface area contributed by atoms with Crippen LogP contribution >= 0.6 is 12.4 Å². The molecule has 1 rings (SSSR count). The van der Waals surface area contributed by atoms with Crippen molar-refractivity contribution in [3.05, 3.63) is 22.8 Å². The standard InChI is InChI=1S/C11H10F3N3O2.ClH/c1-3-19-9(18)4-8-16-6(2)7(5-15)10(17-8)11(12,13)14;/h3-4H2,1-2H3;1H. The second kappa shape index (κ2) is 7.05. The Morgan fingerprint density at radius 2 is 2.00 bits per heavy atom. The second-order valence-corrected chi connectivity index (χ2v) is 3.54. The molecule has 0 aliphatic heterocycles. The van der Waals surface area contributed by atoms with E-state index in [1.165, 1.54) is 13.0 Å². The van der Waals surface area contributed by atoms with Crippen molar-refractivity contribution >= 4 is 18.4 Å². The molecule has 0 amide bonds. The number of rotatable bonds is 3. The molecule has 0 aromatic carbocycles. The summed E-state index contributed by atoms with van der Waals surface area (Å²) < 4.78 is 42.8. The number of hydrogen-bond donors (Lipinski definition) is 0. The van der Waals surface area contributed by atoms with Crippen molar-refractivity contribution in [3.8, 4) is 6.07 Å². The lowest BCUT2D eigenvalue weighted by Crippen LogP contribution is -2.18. The average molecular weight is 310 g/mol. The first-order chi connectivity index (χ1) is 8.79. The Morgan fingerprint density at radius 3 is 2.45 bits per heavy atom. The first-order valence-corrected chi connectivity index (χ1v) is 5.30. The summed E-state index contributed by atoms with van der Waals surface area (Å²) in [6.07, 6.45) is -5.24. The Labute approximate surface area is 119 Å². The van der Waals surface area contributed by atoms with Gasteiger partial charge >= 0.3 is 12.1 Å². The lowest BCUT2D eigenvalue weighted by molar-refractivity contribution is -0.144. The molecule has 20 heavy (non-hydrogen) atoms.